The Labute approximate surface area is 166 Å². The number of carboxylic acids is 1. The number of aromatic nitrogens is 1. The number of amides is 3. The fraction of sp³-hybridized carbons (Fsp3) is 0.400. The predicted molar refractivity (Wildman–Crippen MR) is 97.0 cm³/mol. The molecular formula is C15H16N4O7S2. The van der Waals surface area contributed by atoms with Crippen molar-refractivity contribution in [2.45, 2.75) is 17.5 Å². The number of fused-ring (bicyclic) bond motifs is 1. The predicted octanol–water partition coefficient (Wildman–Crippen LogP) is -0.506. The molecule has 4 N–H and O–H groups in total. The molecule has 11 nitrogen and oxygen atoms in total. The fourth-order valence-electron chi connectivity index (χ4n) is 2.94. The summed E-state index contributed by atoms with van der Waals surface area (Å²) in [5, 5.41) is 13.6. The number of thiazole rings is 1. The van der Waals surface area contributed by atoms with E-state index in [-0.39, 0.29) is 30.1 Å². The quantitative estimate of drug-likeness (QED) is 0.384. The summed E-state index contributed by atoms with van der Waals surface area (Å²) >= 11 is 2.47. The van der Waals surface area contributed by atoms with Gasteiger partial charge in [-0.2, -0.15) is 0 Å². The minimum atomic E-state index is -1.68. The van der Waals surface area contributed by atoms with E-state index in [2.05, 4.69) is 15.0 Å². The maximum atomic E-state index is 12.8. The summed E-state index contributed by atoms with van der Waals surface area (Å²) < 4.78 is 9.99. The van der Waals surface area contributed by atoms with Crippen molar-refractivity contribution in [1.82, 2.24) is 15.2 Å². The number of nitrogens with zero attached hydrogens (tertiary/aromatic N) is 2. The molecule has 1 fully saturated rings. The van der Waals surface area contributed by atoms with Gasteiger partial charge in [-0.05, 0) is 0 Å². The van der Waals surface area contributed by atoms with Gasteiger partial charge in [-0.3, -0.25) is 14.5 Å². The Balaban J connectivity index is 1.81. The highest BCUT2D eigenvalue weighted by atomic mass is 32.2. The van der Waals surface area contributed by atoms with Gasteiger partial charge < -0.3 is 25.6 Å². The highest BCUT2D eigenvalue weighted by Crippen LogP contribution is 2.46. The van der Waals surface area contributed by atoms with Gasteiger partial charge in [0.15, 0.2) is 0 Å². The second kappa shape index (κ2) is 7.77. The number of carbonyl (C=O) groups excluding carboxylic acids is 3. The standard InChI is InChI=1S/C15H16N4O7S2/c1-25-15(18-8(20)4-9-17-2-3-27-9)12(23)19-10(11(21)22)7(5-26-14(16)24)6-28-13(15)19/h2-3,13H,4-6H2,1H3,(H2,16,24)(H,18,20)(H,21,22)/t13-,15+/m1/s1. The molecule has 0 unspecified atom stereocenters. The van der Waals surface area contributed by atoms with Gasteiger partial charge in [0, 0.05) is 30.0 Å². The van der Waals surface area contributed by atoms with Crippen molar-refractivity contribution in [2.75, 3.05) is 19.5 Å². The number of primary amides is 1. The molecule has 3 heterocycles. The number of rotatable bonds is 7. The number of carboxylic acid groups (broad SMARTS) is 1. The molecule has 0 spiro atoms. The molecule has 0 saturated carbocycles. The van der Waals surface area contributed by atoms with Crippen molar-refractivity contribution in [3.05, 3.63) is 27.9 Å². The number of hydrogen-bond acceptors (Lipinski definition) is 9. The van der Waals surface area contributed by atoms with E-state index in [1.54, 1.807) is 11.6 Å². The summed E-state index contributed by atoms with van der Waals surface area (Å²) in [4.78, 5) is 52.7. The highest BCUT2D eigenvalue weighted by Gasteiger charge is 2.66. The van der Waals surface area contributed by atoms with Crippen molar-refractivity contribution >= 4 is 47.0 Å². The Kier molecular flexibility index (Phi) is 5.58. The molecule has 2 aliphatic rings. The summed E-state index contributed by atoms with van der Waals surface area (Å²) in [7, 11) is 1.26. The van der Waals surface area contributed by atoms with E-state index in [4.69, 9.17) is 10.5 Å². The Morgan fingerprint density at radius 1 is 1.50 bits per heavy atom. The third-order valence-corrected chi connectivity index (χ3v) is 6.30. The number of carbonyl (C=O) groups is 4. The number of nitrogens with two attached hydrogens (primary N) is 1. The van der Waals surface area contributed by atoms with Crippen LogP contribution in [0.1, 0.15) is 5.01 Å². The minimum absolute atomic E-state index is 0.0349. The maximum Gasteiger partial charge on any atom is 0.404 e. The molecule has 0 radical (unpaired) electrons. The number of thioether (sulfide) groups is 1. The van der Waals surface area contributed by atoms with Gasteiger partial charge in [0.2, 0.25) is 5.91 Å². The van der Waals surface area contributed by atoms with Crippen LogP contribution in [0.4, 0.5) is 4.79 Å². The van der Waals surface area contributed by atoms with E-state index in [1.807, 2.05) is 0 Å². The summed E-state index contributed by atoms with van der Waals surface area (Å²) in [6, 6.07) is 0. The van der Waals surface area contributed by atoms with Gasteiger partial charge in [0.1, 0.15) is 22.7 Å². The SMILES string of the molecule is CO[C@@]1(NC(=O)Cc2nccs2)C(=O)N2C(C(=O)O)=C(COC(N)=O)CS[C@@H]21. The molecule has 3 amide bonds. The maximum absolute atomic E-state index is 12.8. The second-order valence-corrected chi connectivity index (χ2v) is 7.84. The lowest BCUT2D eigenvalue weighted by atomic mass is 9.98. The van der Waals surface area contributed by atoms with Crippen molar-refractivity contribution in [3.63, 3.8) is 0 Å². The summed E-state index contributed by atoms with van der Waals surface area (Å²) in [6.07, 6.45) is 0.471. The van der Waals surface area contributed by atoms with E-state index in [9.17, 15) is 24.3 Å². The lowest BCUT2D eigenvalue weighted by molar-refractivity contribution is -0.192. The zero-order valence-electron chi connectivity index (χ0n) is 14.5. The van der Waals surface area contributed by atoms with Gasteiger partial charge in [-0.25, -0.2) is 14.6 Å². The van der Waals surface area contributed by atoms with Crippen molar-refractivity contribution in [2.24, 2.45) is 5.73 Å². The summed E-state index contributed by atoms with van der Waals surface area (Å²) in [5.74, 6) is -2.42. The van der Waals surface area contributed by atoms with E-state index in [1.165, 1.54) is 30.2 Å². The molecule has 2 atom stereocenters. The number of nitrogens with one attached hydrogen (secondary N) is 1. The van der Waals surface area contributed by atoms with Crippen LogP contribution >= 0.6 is 23.1 Å². The average Bonchev–Trinajstić information content (AvgIpc) is 3.15. The largest absolute Gasteiger partial charge is 0.477 e. The molecule has 0 aromatic carbocycles. The summed E-state index contributed by atoms with van der Waals surface area (Å²) in [6.45, 7) is -0.350. The van der Waals surface area contributed by atoms with Gasteiger partial charge in [0.25, 0.3) is 11.6 Å². The van der Waals surface area contributed by atoms with Crippen LogP contribution in [0.15, 0.2) is 22.8 Å². The molecule has 1 aromatic heterocycles. The van der Waals surface area contributed by atoms with E-state index >= 15 is 0 Å². The monoisotopic (exact) mass is 428 g/mol. The van der Waals surface area contributed by atoms with Crippen LogP contribution in [0.2, 0.25) is 0 Å². The smallest absolute Gasteiger partial charge is 0.404 e. The fourth-order valence-corrected chi connectivity index (χ4v) is 4.98. The van der Waals surface area contributed by atoms with E-state index in [0.29, 0.717) is 5.01 Å². The molecule has 2 aliphatic heterocycles. The third kappa shape index (κ3) is 3.43. The molecule has 13 heteroatoms. The van der Waals surface area contributed by atoms with Crippen LogP contribution in [0, 0.1) is 0 Å². The lowest BCUT2D eigenvalue weighted by Gasteiger charge is -2.55. The Hall–Kier alpha value is -2.64. The van der Waals surface area contributed by atoms with Crippen LogP contribution in [-0.4, -0.2) is 69.4 Å². The lowest BCUT2D eigenvalue weighted by Crippen LogP contribution is -2.80. The van der Waals surface area contributed by atoms with Gasteiger partial charge in [0.05, 0.1) is 6.42 Å². The number of hydrogen-bond donors (Lipinski definition) is 3. The molecule has 1 saturated heterocycles. The van der Waals surface area contributed by atoms with Crippen molar-refractivity contribution in [3.8, 4) is 0 Å². The Morgan fingerprint density at radius 2 is 2.25 bits per heavy atom. The van der Waals surface area contributed by atoms with Crippen LogP contribution in [0.3, 0.4) is 0 Å². The van der Waals surface area contributed by atoms with Crippen LogP contribution < -0.4 is 11.1 Å². The molecule has 1 aromatic rings. The highest BCUT2D eigenvalue weighted by molar-refractivity contribution is 8.00. The molecule has 0 bridgehead atoms. The van der Waals surface area contributed by atoms with Crippen LogP contribution in [-0.2, 0) is 30.3 Å². The zero-order valence-corrected chi connectivity index (χ0v) is 16.2. The van der Waals surface area contributed by atoms with E-state index in [0.717, 1.165) is 4.90 Å². The molecule has 3 rings (SSSR count). The van der Waals surface area contributed by atoms with Crippen LogP contribution in [0.25, 0.3) is 0 Å². The minimum Gasteiger partial charge on any atom is -0.477 e. The van der Waals surface area contributed by atoms with Crippen molar-refractivity contribution in [1.29, 1.82) is 0 Å². The van der Waals surface area contributed by atoms with Crippen LogP contribution in [0.5, 0.6) is 0 Å². The number of ether oxygens (including phenoxy) is 2. The first-order chi connectivity index (χ1) is 13.3. The number of methoxy groups -OCH3 is 1. The molecule has 28 heavy (non-hydrogen) atoms. The first kappa shape index (κ1) is 20.1. The second-order valence-electron chi connectivity index (χ2n) is 5.79. The van der Waals surface area contributed by atoms with E-state index < -0.39 is 35.0 Å². The molecular weight excluding hydrogens is 412 g/mol. The summed E-state index contributed by atoms with van der Waals surface area (Å²) in [5.41, 5.74) is 3.15. The van der Waals surface area contributed by atoms with Gasteiger partial charge in [-0.15, -0.1) is 23.1 Å². The van der Waals surface area contributed by atoms with Gasteiger partial charge in [-0.1, -0.05) is 0 Å². The first-order valence-corrected chi connectivity index (χ1v) is 9.80. The normalized spacial score (nSPS) is 23.7. The van der Waals surface area contributed by atoms with Gasteiger partial charge >= 0.3 is 12.1 Å². The molecule has 0 aliphatic carbocycles. The number of aliphatic carboxylic acids is 1. The topological polar surface area (TPSA) is 161 Å². The zero-order chi connectivity index (χ0) is 20.5. The Bertz CT molecular complexity index is 857. The Morgan fingerprint density at radius 3 is 2.82 bits per heavy atom. The molecule has 150 valence electrons. The number of β-lactam (4-membered cyclic amide) rings is 1. The first-order valence-electron chi connectivity index (χ1n) is 7.87. The average molecular weight is 428 g/mol. The van der Waals surface area contributed by atoms with Crippen molar-refractivity contribution < 1.29 is 33.8 Å². The third-order valence-electron chi connectivity index (χ3n) is 4.14.